The fourth-order valence-electron chi connectivity index (χ4n) is 2.31. The van der Waals surface area contributed by atoms with Gasteiger partial charge in [-0.15, -0.1) is 0 Å². The summed E-state index contributed by atoms with van der Waals surface area (Å²) in [4.78, 5) is 0. The predicted octanol–water partition coefficient (Wildman–Crippen LogP) is 1.51. The normalized spacial score (nSPS) is 27.8. The highest BCUT2D eigenvalue weighted by Gasteiger charge is 2.54. The molecule has 1 aliphatic rings. The topological polar surface area (TPSA) is 55.5 Å². The average molecular weight is 221 g/mol. The molecule has 2 atom stereocenters. The van der Waals surface area contributed by atoms with Crippen LogP contribution in [0.2, 0.25) is 0 Å². The summed E-state index contributed by atoms with van der Waals surface area (Å²) >= 11 is 0. The maximum Gasteiger partial charge on any atom is 0.122 e. The van der Waals surface area contributed by atoms with Crippen molar-refractivity contribution in [2.45, 2.75) is 19.3 Å². The monoisotopic (exact) mass is 221 g/mol. The number of rotatable bonds is 5. The molecule has 0 heterocycles. The molecule has 3 nitrogen and oxygen atoms in total. The molecule has 1 saturated carbocycles. The van der Waals surface area contributed by atoms with Crippen LogP contribution in [0.5, 0.6) is 5.75 Å². The first-order valence-corrected chi connectivity index (χ1v) is 5.80. The number of aliphatic hydroxyl groups excluding tert-OH is 1. The Balaban J connectivity index is 2.22. The largest absolute Gasteiger partial charge is 0.494 e. The van der Waals surface area contributed by atoms with Crippen molar-refractivity contribution >= 4 is 0 Å². The Morgan fingerprint density at radius 3 is 2.81 bits per heavy atom. The maximum absolute atomic E-state index is 9.39. The number of hydrogen-bond acceptors (Lipinski definition) is 3. The quantitative estimate of drug-likeness (QED) is 0.792. The minimum absolute atomic E-state index is 0.104. The van der Waals surface area contributed by atoms with Crippen LogP contribution in [0.1, 0.15) is 24.8 Å². The fourth-order valence-corrected chi connectivity index (χ4v) is 2.31. The lowest BCUT2D eigenvalue weighted by molar-refractivity contribution is 0.211. The Morgan fingerprint density at radius 1 is 1.50 bits per heavy atom. The maximum atomic E-state index is 9.39. The lowest BCUT2D eigenvalue weighted by Crippen LogP contribution is -2.21. The molecule has 0 spiro atoms. The first-order valence-electron chi connectivity index (χ1n) is 5.80. The lowest BCUT2D eigenvalue weighted by Gasteiger charge is -2.14. The van der Waals surface area contributed by atoms with Crippen molar-refractivity contribution in [1.82, 2.24) is 0 Å². The van der Waals surface area contributed by atoms with E-state index in [4.69, 9.17) is 10.5 Å². The Bertz CT molecular complexity index is 361. The highest BCUT2D eigenvalue weighted by atomic mass is 16.5. The predicted molar refractivity (Wildman–Crippen MR) is 63.5 cm³/mol. The molecular weight excluding hydrogens is 202 g/mol. The van der Waals surface area contributed by atoms with Gasteiger partial charge in [-0.3, -0.25) is 0 Å². The van der Waals surface area contributed by atoms with Crippen LogP contribution in [0.4, 0.5) is 0 Å². The number of nitrogens with two attached hydrogens (primary N) is 1. The summed E-state index contributed by atoms with van der Waals surface area (Å²) in [5.41, 5.74) is 6.81. The van der Waals surface area contributed by atoms with Crippen LogP contribution in [-0.4, -0.2) is 24.9 Å². The first kappa shape index (κ1) is 11.4. The molecule has 1 fully saturated rings. The van der Waals surface area contributed by atoms with Crippen molar-refractivity contribution in [3.8, 4) is 5.75 Å². The standard InChI is InChI=1S/C13H19NO2/c1-2-16-12-6-4-3-5-10(12)11-7-13(11,8-14)9-15/h3-6,11,15H,2,7-9,14H2,1H3/t11-,13-/m1/s1. The second-order valence-corrected chi connectivity index (χ2v) is 4.45. The van der Waals surface area contributed by atoms with E-state index in [1.165, 1.54) is 5.56 Å². The molecule has 3 N–H and O–H groups in total. The van der Waals surface area contributed by atoms with E-state index in [0.29, 0.717) is 19.1 Å². The Labute approximate surface area is 96.2 Å². The molecule has 0 radical (unpaired) electrons. The van der Waals surface area contributed by atoms with E-state index in [1.54, 1.807) is 0 Å². The van der Waals surface area contributed by atoms with Gasteiger partial charge in [0, 0.05) is 12.0 Å². The van der Waals surface area contributed by atoms with Gasteiger partial charge in [0.1, 0.15) is 5.75 Å². The Hall–Kier alpha value is -1.06. The number of hydrogen-bond donors (Lipinski definition) is 2. The summed E-state index contributed by atoms with van der Waals surface area (Å²) in [5.74, 6) is 1.28. The number of benzene rings is 1. The van der Waals surface area contributed by atoms with Gasteiger partial charge in [-0.2, -0.15) is 0 Å². The highest BCUT2D eigenvalue weighted by molar-refractivity contribution is 5.41. The number of aliphatic hydroxyl groups is 1. The van der Waals surface area contributed by atoms with Crippen LogP contribution in [0.15, 0.2) is 24.3 Å². The van der Waals surface area contributed by atoms with E-state index < -0.39 is 0 Å². The van der Waals surface area contributed by atoms with Crippen LogP contribution >= 0.6 is 0 Å². The third-order valence-corrected chi connectivity index (χ3v) is 3.51. The van der Waals surface area contributed by atoms with E-state index in [2.05, 4.69) is 6.07 Å². The van der Waals surface area contributed by atoms with Gasteiger partial charge in [0.25, 0.3) is 0 Å². The van der Waals surface area contributed by atoms with E-state index >= 15 is 0 Å². The summed E-state index contributed by atoms with van der Waals surface area (Å²) in [6.07, 6.45) is 0.962. The summed E-state index contributed by atoms with van der Waals surface area (Å²) in [7, 11) is 0. The van der Waals surface area contributed by atoms with Gasteiger partial charge in [0.2, 0.25) is 0 Å². The van der Waals surface area contributed by atoms with Crippen molar-refractivity contribution < 1.29 is 9.84 Å². The van der Waals surface area contributed by atoms with Gasteiger partial charge < -0.3 is 15.6 Å². The van der Waals surface area contributed by atoms with Crippen LogP contribution in [0, 0.1) is 5.41 Å². The van der Waals surface area contributed by atoms with E-state index in [0.717, 1.165) is 12.2 Å². The van der Waals surface area contributed by atoms with Crippen molar-refractivity contribution in [3.05, 3.63) is 29.8 Å². The molecule has 1 aromatic rings. The highest BCUT2D eigenvalue weighted by Crippen LogP contribution is 2.59. The SMILES string of the molecule is CCOc1ccccc1[C@H]1C[C@@]1(CN)CO. The zero-order valence-corrected chi connectivity index (χ0v) is 9.65. The van der Waals surface area contributed by atoms with Gasteiger partial charge in [0.15, 0.2) is 0 Å². The molecular formula is C13H19NO2. The number of para-hydroxylation sites is 1. The zero-order valence-electron chi connectivity index (χ0n) is 9.65. The summed E-state index contributed by atoms with van der Waals surface area (Å²) in [6, 6.07) is 8.04. The van der Waals surface area contributed by atoms with Crippen molar-refractivity contribution in [1.29, 1.82) is 0 Å². The van der Waals surface area contributed by atoms with E-state index in [-0.39, 0.29) is 12.0 Å². The molecule has 1 aromatic carbocycles. The van der Waals surface area contributed by atoms with Gasteiger partial charge in [-0.05, 0) is 30.9 Å². The van der Waals surface area contributed by atoms with Crippen molar-refractivity contribution in [3.63, 3.8) is 0 Å². The Morgan fingerprint density at radius 2 is 2.25 bits per heavy atom. The zero-order chi connectivity index (χ0) is 11.6. The molecule has 3 heteroatoms. The number of ether oxygens (including phenoxy) is 1. The molecule has 0 aromatic heterocycles. The summed E-state index contributed by atoms with van der Waals surface area (Å²) in [5, 5.41) is 9.39. The third-order valence-electron chi connectivity index (χ3n) is 3.51. The molecule has 0 saturated heterocycles. The minimum Gasteiger partial charge on any atom is -0.494 e. The smallest absolute Gasteiger partial charge is 0.122 e. The van der Waals surface area contributed by atoms with Gasteiger partial charge in [0.05, 0.1) is 13.2 Å². The Kier molecular flexibility index (Phi) is 3.17. The molecule has 0 unspecified atom stereocenters. The second-order valence-electron chi connectivity index (χ2n) is 4.45. The van der Waals surface area contributed by atoms with Crippen molar-refractivity contribution in [2.75, 3.05) is 19.8 Å². The van der Waals surface area contributed by atoms with Gasteiger partial charge in [-0.25, -0.2) is 0 Å². The van der Waals surface area contributed by atoms with E-state index in [9.17, 15) is 5.11 Å². The van der Waals surface area contributed by atoms with Crippen molar-refractivity contribution in [2.24, 2.45) is 11.1 Å². The lowest BCUT2D eigenvalue weighted by atomic mass is 9.99. The van der Waals surface area contributed by atoms with Crippen LogP contribution in [0.25, 0.3) is 0 Å². The van der Waals surface area contributed by atoms with Gasteiger partial charge >= 0.3 is 0 Å². The molecule has 1 aliphatic carbocycles. The molecule has 0 aliphatic heterocycles. The fraction of sp³-hybridized carbons (Fsp3) is 0.538. The van der Waals surface area contributed by atoms with Crippen LogP contribution in [-0.2, 0) is 0 Å². The van der Waals surface area contributed by atoms with E-state index in [1.807, 2.05) is 25.1 Å². The molecule has 0 amide bonds. The third kappa shape index (κ3) is 1.81. The molecule has 16 heavy (non-hydrogen) atoms. The van der Waals surface area contributed by atoms with Crippen LogP contribution < -0.4 is 10.5 Å². The van der Waals surface area contributed by atoms with Crippen LogP contribution in [0.3, 0.4) is 0 Å². The average Bonchev–Trinajstić information content (AvgIpc) is 3.05. The molecule has 2 rings (SSSR count). The molecule has 88 valence electrons. The minimum atomic E-state index is -0.104. The summed E-state index contributed by atoms with van der Waals surface area (Å²) in [6.45, 7) is 3.34. The first-order chi connectivity index (χ1) is 7.77. The van der Waals surface area contributed by atoms with Gasteiger partial charge in [-0.1, -0.05) is 18.2 Å². The summed E-state index contributed by atoms with van der Waals surface area (Å²) < 4.78 is 5.60. The second kappa shape index (κ2) is 4.44. The molecule has 0 bridgehead atoms.